The normalized spacial score (nSPS) is 10.0. The zero-order valence-electron chi connectivity index (χ0n) is 4.97. The highest BCUT2D eigenvalue weighted by Gasteiger charge is 2.03. The average Bonchev–Trinajstić information content (AvgIpc) is 2.28. The second kappa shape index (κ2) is 1.94. The third-order valence-corrected chi connectivity index (χ3v) is 1.08. The molecular formula is C5H3N5. The second-order valence-corrected chi connectivity index (χ2v) is 1.72. The van der Waals surface area contributed by atoms with Gasteiger partial charge in [-0.1, -0.05) is 0 Å². The minimum absolute atomic E-state index is 0.477. The van der Waals surface area contributed by atoms with Crippen molar-refractivity contribution in [2.75, 3.05) is 0 Å². The largest absolute Gasteiger partial charge is 0.225 e. The Labute approximate surface area is 56.5 Å². The van der Waals surface area contributed by atoms with Gasteiger partial charge in [0.05, 0.1) is 0 Å². The number of rotatable bonds is 0. The molecule has 2 aliphatic rings. The van der Waals surface area contributed by atoms with Crippen LogP contribution < -0.4 is 0 Å². The van der Waals surface area contributed by atoms with Crippen LogP contribution in [0.5, 0.6) is 0 Å². The van der Waals surface area contributed by atoms with E-state index >= 15 is 0 Å². The molecule has 2 aliphatic heterocycles. The van der Waals surface area contributed by atoms with Crippen LogP contribution in [0.1, 0.15) is 0 Å². The molecule has 0 bridgehead atoms. The van der Waals surface area contributed by atoms with Crippen molar-refractivity contribution in [2.24, 2.45) is 0 Å². The van der Waals surface area contributed by atoms with Crippen molar-refractivity contribution in [1.82, 2.24) is 25.6 Å². The van der Waals surface area contributed by atoms with E-state index in [1.165, 1.54) is 0 Å². The topological polar surface area (TPSA) is 64.5 Å². The molecule has 0 aromatic heterocycles. The minimum atomic E-state index is 0.477. The fraction of sp³-hybridized carbons (Fsp3) is 0. The predicted octanol–water partition coefficient (Wildman–Crippen LogP) is -0.234. The Morgan fingerprint density at radius 1 is 1.10 bits per heavy atom. The van der Waals surface area contributed by atoms with E-state index in [1.807, 2.05) is 0 Å². The summed E-state index contributed by atoms with van der Waals surface area (Å²) in [6.07, 6.45) is 1.57. The second-order valence-electron chi connectivity index (χ2n) is 1.72. The first-order valence-electron chi connectivity index (χ1n) is 2.73. The first-order chi connectivity index (χ1) is 4.97. The fourth-order valence-corrected chi connectivity index (χ4v) is 0.649. The molecule has 0 saturated carbocycles. The molecule has 0 N–H and O–H groups in total. The Kier molecular flexibility index (Phi) is 1.00. The third-order valence-electron chi connectivity index (χ3n) is 1.08. The molecule has 0 aliphatic carbocycles. The van der Waals surface area contributed by atoms with Gasteiger partial charge in [-0.2, -0.15) is 5.10 Å². The molecule has 2 heterocycles. The summed E-state index contributed by atoms with van der Waals surface area (Å²) in [6.45, 7) is 0. The van der Waals surface area contributed by atoms with Gasteiger partial charge in [0.25, 0.3) is 0 Å². The monoisotopic (exact) mass is 133 g/mol. The van der Waals surface area contributed by atoms with Gasteiger partial charge in [-0.15, -0.1) is 15.3 Å². The van der Waals surface area contributed by atoms with Crippen LogP contribution in [0.4, 0.5) is 0 Å². The van der Waals surface area contributed by atoms with Crippen LogP contribution in [-0.2, 0) is 0 Å². The summed E-state index contributed by atoms with van der Waals surface area (Å²) in [5.41, 5.74) is 0.664. The zero-order chi connectivity index (χ0) is 6.81. The van der Waals surface area contributed by atoms with Gasteiger partial charge in [-0.05, 0) is 17.3 Å². The Morgan fingerprint density at radius 3 is 3.10 bits per heavy atom. The predicted molar refractivity (Wildman–Crippen MR) is 32.0 cm³/mol. The highest BCUT2D eigenvalue weighted by molar-refractivity contribution is 5.45. The first-order valence-corrected chi connectivity index (χ1v) is 2.73. The van der Waals surface area contributed by atoms with Gasteiger partial charge >= 0.3 is 0 Å². The van der Waals surface area contributed by atoms with E-state index in [0.717, 1.165) is 0 Å². The molecule has 10 heavy (non-hydrogen) atoms. The number of hydrogen-bond acceptors (Lipinski definition) is 5. The van der Waals surface area contributed by atoms with Crippen LogP contribution in [0.2, 0.25) is 0 Å². The van der Waals surface area contributed by atoms with Crippen LogP contribution >= 0.6 is 0 Å². The van der Waals surface area contributed by atoms with E-state index in [1.54, 1.807) is 18.3 Å². The van der Waals surface area contributed by atoms with E-state index in [4.69, 9.17) is 0 Å². The van der Waals surface area contributed by atoms with Crippen molar-refractivity contribution in [2.45, 2.75) is 0 Å². The Bertz CT molecular complexity index is 281. The Balaban J connectivity index is 2.74. The number of hydrogen-bond donors (Lipinski definition) is 0. The molecular weight excluding hydrogens is 130 g/mol. The number of aromatic nitrogens is 5. The summed E-state index contributed by atoms with van der Waals surface area (Å²) in [5.74, 6) is 0.477. The van der Waals surface area contributed by atoms with E-state index in [0.29, 0.717) is 11.5 Å². The Morgan fingerprint density at radius 2 is 2.10 bits per heavy atom. The summed E-state index contributed by atoms with van der Waals surface area (Å²) in [5, 5.41) is 18.1. The molecule has 0 aromatic rings. The maximum atomic E-state index is 3.72. The van der Waals surface area contributed by atoms with Gasteiger partial charge in [-0.3, -0.25) is 0 Å². The van der Waals surface area contributed by atoms with Gasteiger partial charge < -0.3 is 0 Å². The third kappa shape index (κ3) is 0.680. The summed E-state index contributed by atoms with van der Waals surface area (Å²) >= 11 is 0. The quantitative estimate of drug-likeness (QED) is 0.496. The molecule has 48 valence electrons. The molecule has 0 spiro atoms. The summed E-state index contributed by atoms with van der Waals surface area (Å²) in [6, 6.07) is 3.50. The van der Waals surface area contributed by atoms with Gasteiger partial charge in [-0.25, -0.2) is 0 Å². The van der Waals surface area contributed by atoms with Crippen LogP contribution in [-0.4, -0.2) is 25.6 Å². The van der Waals surface area contributed by atoms with Crippen LogP contribution in [0.3, 0.4) is 0 Å². The zero-order valence-corrected chi connectivity index (χ0v) is 4.97. The smallest absolute Gasteiger partial charge is 0.157 e. The molecule has 5 heteroatoms. The van der Waals surface area contributed by atoms with Crippen LogP contribution in [0.15, 0.2) is 18.3 Å². The lowest BCUT2D eigenvalue weighted by Gasteiger charge is -1.75. The summed E-state index contributed by atoms with van der Waals surface area (Å²) in [7, 11) is 0. The molecule has 0 aromatic carbocycles. The van der Waals surface area contributed by atoms with Crippen molar-refractivity contribution >= 4 is 0 Å². The molecule has 0 radical (unpaired) electrons. The Hall–Kier alpha value is -1.65. The van der Waals surface area contributed by atoms with Crippen molar-refractivity contribution in [3.8, 4) is 11.5 Å². The molecule has 0 unspecified atom stereocenters. The molecule has 0 fully saturated rings. The lowest BCUT2D eigenvalue weighted by molar-refractivity contribution is 0.930. The summed E-state index contributed by atoms with van der Waals surface area (Å²) in [4.78, 5) is 0. The van der Waals surface area contributed by atoms with Crippen LogP contribution in [0, 0.1) is 0 Å². The average molecular weight is 133 g/mol. The van der Waals surface area contributed by atoms with Crippen molar-refractivity contribution in [3.63, 3.8) is 0 Å². The standard InChI is InChI=1S/C5H3N5/c1-2-4-5(8-6-3-1)9-10-7-4/h1-3H. The number of fused-ring (bicyclic) bond motifs is 1. The van der Waals surface area contributed by atoms with Crippen molar-refractivity contribution in [1.29, 1.82) is 0 Å². The number of nitrogens with zero attached hydrogens (tertiary/aromatic N) is 5. The van der Waals surface area contributed by atoms with E-state index in [9.17, 15) is 0 Å². The summed E-state index contributed by atoms with van der Waals surface area (Å²) < 4.78 is 0. The molecule has 0 atom stereocenters. The fourth-order valence-electron chi connectivity index (χ4n) is 0.649. The van der Waals surface area contributed by atoms with E-state index in [-0.39, 0.29) is 0 Å². The van der Waals surface area contributed by atoms with Crippen molar-refractivity contribution in [3.05, 3.63) is 18.3 Å². The lowest BCUT2D eigenvalue weighted by atomic mass is 10.4. The van der Waals surface area contributed by atoms with Gasteiger partial charge in [0, 0.05) is 6.20 Å². The van der Waals surface area contributed by atoms with Crippen molar-refractivity contribution < 1.29 is 0 Å². The molecule has 0 saturated heterocycles. The van der Waals surface area contributed by atoms with Gasteiger partial charge in [0.1, 0.15) is 5.69 Å². The lowest BCUT2D eigenvalue weighted by Crippen LogP contribution is -1.78. The minimum Gasteiger partial charge on any atom is -0.157 e. The molecule has 0 amide bonds. The van der Waals surface area contributed by atoms with Crippen LogP contribution in [0.25, 0.3) is 11.5 Å². The van der Waals surface area contributed by atoms with E-state index < -0.39 is 0 Å². The van der Waals surface area contributed by atoms with Gasteiger partial charge in [0.2, 0.25) is 5.82 Å². The SMILES string of the molecule is c1cnnc2nnnc-2c1. The maximum Gasteiger partial charge on any atom is 0.225 e. The first kappa shape index (κ1) is 5.16. The highest BCUT2D eigenvalue weighted by atomic mass is 15.4. The maximum absolute atomic E-state index is 3.72. The van der Waals surface area contributed by atoms with Gasteiger partial charge in [0.15, 0.2) is 0 Å². The molecule has 5 nitrogen and oxygen atoms in total. The van der Waals surface area contributed by atoms with E-state index in [2.05, 4.69) is 25.6 Å². The molecule has 2 rings (SSSR count). The highest BCUT2D eigenvalue weighted by Crippen LogP contribution is 2.06.